The van der Waals surface area contributed by atoms with E-state index in [2.05, 4.69) is 29.6 Å². The highest BCUT2D eigenvalue weighted by atomic mass is 16.5. The molecular weight excluding hydrogens is 252 g/mol. The molecule has 1 aliphatic carbocycles. The molecule has 0 heterocycles. The van der Waals surface area contributed by atoms with E-state index in [-0.39, 0.29) is 0 Å². The topological polar surface area (TPSA) is 56.5 Å². The Hall–Kier alpha value is -1.10. The van der Waals surface area contributed by atoms with E-state index in [9.17, 15) is 0 Å². The van der Waals surface area contributed by atoms with Crippen LogP contribution in [-0.4, -0.2) is 32.4 Å². The van der Waals surface area contributed by atoms with Gasteiger partial charge in [0, 0.05) is 24.9 Å². The maximum absolute atomic E-state index is 6.03. The van der Waals surface area contributed by atoms with E-state index in [0.29, 0.717) is 31.9 Å². The highest BCUT2D eigenvalue weighted by Gasteiger charge is 2.18. The molecule has 0 aliphatic heterocycles. The van der Waals surface area contributed by atoms with Gasteiger partial charge in [0.05, 0.1) is 19.8 Å². The summed E-state index contributed by atoms with van der Waals surface area (Å²) in [7, 11) is 1.68. The van der Waals surface area contributed by atoms with E-state index in [4.69, 9.17) is 15.2 Å². The lowest BCUT2D eigenvalue weighted by atomic mass is 9.91. The minimum Gasteiger partial charge on any atom is -0.382 e. The number of ether oxygens (including phenoxy) is 2. The van der Waals surface area contributed by atoms with Crippen LogP contribution in [0.1, 0.15) is 31.2 Å². The van der Waals surface area contributed by atoms with Gasteiger partial charge in [0.2, 0.25) is 0 Å². The molecule has 112 valence electrons. The predicted octanol–water partition coefficient (Wildman–Crippen LogP) is 2.53. The molecule has 1 aliphatic rings. The van der Waals surface area contributed by atoms with Crippen molar-refractivity contribution in [3.63, 3.8) is 0 Å². The fourth-order valence-corrected chi connectivity index (χ4v) is 2.68. The van der Waals surface area contributed by atoms with Crippen molar-refractivity contribution in [2.45, 2.75) is 44.4 Å². The van der Waals surface area contributed by atoms with Crippen molar-refractivity contribution in [3.8, 4) is 0 Å². The molecule has 3 N–H and O–H groups in total. The van der Waals surface area contributed by atoms with Crippen LogP contribution < -0.4 is 11.1 Å². The van der Waals surface area contributed by atoms with Crippen LogP contribution in [0.2, 0.25) is 0 Å². The summed E-state index contributed by atoms with van der Waals surface area (Å²) in [6.07, 6.45) is 4.65. The van der Waals surface area contributed by atoms with Crippen molar-refractivity contribution in [2.75, 3.05) is 25.6 Å². The Kier molecular flexibility index (Phi) is 6.30. The Labute approximate surface area is 121 Å². The smallest absolute Gasteiger partial charge is 0.0718 e. The third-order valence-corrected chi connectivity index (χ3v) is 3.71. The number of hydrogen-bond acceptors (Lipinski definition) is 4. The number of benzene rings is 1. The lowest BCUT2D eigenvalue weighted by molar-refractivity contribution is 0.0617. The Bertz CT molecular complexity index is 398. The molecule has 0 aromatic heterocycles. The average Bonchev–Trinajstić information content (AvgIpc) is 2.44. The summed E-state index contributed by atoms with van der Waals surface area (Å²) in [5, 5.41) is 3.59. The van der Waals surface area contributed by atoms with Gasteiger partial charge in [-0.3, -0.25) is 0 Å². The van der Waals surface area contributed by atoms with Gasteiger partial charge in [-0.05, 0) is 43.4 Å². The van der Waals surface area contributed by atoms with Crippen LogP contribution in [0.5, 0.6) is 0 Å². The van der Waals surface area contributed by atoms with Crippen LogP contribution in [0.15, 0.2) is 24.3 Å². The SMILES string of the molecule is COCCOCc1cccc(NC2CCCC(N)C2)c1. The number of anilines is 1. The molecule has 20 heavy (non-hydrogen) atoms. The molecule has 4 heteroatoms. The molecule has 2 unspecified atom stereocenters. The van der Waals surface area contributed by atoms with Gasteiger partial charge in [-0.2, -0.15) is 0 Å². The van der Waals surface area contributed by atoms with Crippen molar-refractivity contribution < 1.29 is 9.47 Å². The summed E-state index contributed by atoms with van der Waals surface area (Å²) in [6.45, 7) is 1.90. The van der Waals surface area contributed by atoms with Crippen molar-refractivity contribution in [1.29, 1.82) is 0 Å². The summed E-state index contributed by atoms with van der Waals surface area (Å²) < 4.78 is 10.5. The predicted molar refractivity (Wildman–Crippen MR) is 81.8 cm³/mol. The van der Waals surface area contributed by atoms with Crippen LogP contribution >= 0.6 is 0 Å². The molecule has 2 atom stereocenters. The standard InChI is InChI=1S/C16H26N2O2/c1-19-8-9-20-12-13-4-2-6-15(10-13)18-16-7-3-5-14(17)11-16/h2,4,6,10,14,16,18H,3,5,7-9,11-12,17H2,1H3. The Morgan fingerprint density at radius 2 is 2.20 bits per heavy atom. The van der Waals surface area contributed by atoms with E-state index in [0.717, 1.165) is 18.5 Å². The lowest BCUT2D eigenvalue weighted by Crippen LogP contribution is -2.34. The zero-order valence-corrected chi connectivity index (χ0v) is 12.3. The normalized spacial score (nSPS) is 22.7. The number of hydrogen-bond donors (Lipinski definition) is 2. The van der Waals surface area contributed by atoms with Crippen LogP contribution in [0, 0.1) is 0 Å². The Balaban J connectivity index is 1.82. The zero-order chi connectivity index (χ0) is 14.2. The van der Waals surface area contributed by atoms with Gasteiger partial charge >= 0.3 is 0 Å². The first-order chi connectivity index (χ1) is 9.78. The molecule has 0 bridgehead atoms. The second-order valence-corrected chi connectivity index (χ2v) is 5.51. The van der Waals surface area contributed by atoms with Gasteiger partial charge in [0.15, 0.2) is 0 Å². The molecule has 2 rings (SSSR count). The van der Waals surface area contributed by atoms with E-state index < -0.39 is 0 Å². The maximum Gasteiger partial charge on any atom is 0.0718 e. The first-order valence-corrected chi connectivity index (χ1v) is 7.45. The summed E-state index contributed by atoms with van der Waals surface area (Å²) in [5.74, 6) is 0. The zero-order valence-electron chi connectivity index (χ0n) is 12.3. The molecule has 0 amide bonds. The first-order valence-electron chi connectivity index (χ1n) is 7.45. The Morgan fingerprint density at radius 3 is 3.00 bits per heavy atom. The molecule has 0 radical (unpaired) electrons. The van der Waals surface area contributed by atoms with Crippen molar-refractivity contribution >= 4 is 5.69 Å². The van der Waals surface area contributed by atoms with E-state index in [1.165, 1.54) is 18.4 Å². The highest BCUT2D eigenvalue weighted by molar-refractivity contribution is 5.46. The summed E-state index contributed by atoms with van der Waals surface area (Å²) >= 11 is 0. The van der Waals surface area contributed by atoms with Crippen molar-refractivity contribution in [1.82, 2.24) is 0 Å². The molecule has 0 spiro atoms. The van der Waals surface area contributed by atoms with E-state index >= 15 is 0 Å². The molecular formula is C16H26N2O2. The van der Waals surface area contributed by atoms with Crippen LogP contribution in [0.3, 0.4) is 0 Å². The number of nitrogens with one attached hydrogen (secondary N) is 1. The second kappa shape index (κ2) is 8.25. The summed E-state index contributed by atoms with van der Waals surface area (Å²) in [4.78, 5) is 0. The van der Waals surface area contributed by atoms with Gasteiger partial charge < -0.3 is 20.5 Å². The lowest BCUT2D eigenvalue weighted by Gasteiger charge is -2.28. The van der Waals surface area contributed by atoms with Crippen molar-refractivity contribution in [3.05, 3.63) is 29.8 Å². The molecule has 1 aromatic rings. The van der Waals surface area contributed by atoms with Crippen LogP contribution in [0.4, 0.5) is 5.69 Å². The molecule has 1 fully saturated rings. The second-order valence-electron chi connectivity index (χ2n) is 5.51. The number of nitrogens with two attached hydrogens (primary N) is 1. The fourth-order valence-electron chi connectivity index (χ4n) is 2.68. The van der Waals surface area contributed by atoms with Crippen LogP contribution in [0.25, 0.3) is 0 Å². The van der Waals surface area contributed by atoms with Gasteiger partial charge in [-0.25, -0.2) is 0 Å². The third-order valence-electron chi connectivity index (χ3n) is 3.71. The molecule has 4 nitrogen and oxygen atoms in total. The average molecular weight is 278 g/mol. The fraction of sp³-hybridized carbons (Fsp3) is 0.625. The number of rotatable bonds is 7. The maximum atomic E-state index is 6.03. The molecule has 1 saturated carbocycles. The highest BCUT2D eigenvalue weighted by Crippen LogP contribution is 2.21. The van der Waals surface area contributed by atoms with E-state index in [1.807, 2.05) is 0 Å². The number of methoxy groups -OCH3 is 1. The van der Waals surface area contributed by atoms with Crippen LogP contribution in [-0.2, 0) is 16.1 Å². The quantitative estimate of drug-likeness (QED) is 0.753. The summed E-state index contributed by atoms with van der Waals surface area (Å²) in [6, 6.07) is 9.28. The van der Waals surface area contributed by atoms with Gasteiger partial charge in [0.1, 0.15) is 0 Å². The van der Waals surface area contributed by atoms with E-state index in [1.54, 1.807) is 7.11 Å². The Morgan fingerprint density at radius 1 is 1.30 bits per heavy atom. The first kappa shape index (κ1) is 15.3. The van der Waals surface area contributed by atoms with Gasteiger partial charge in [0.25, 0.3) is 0 Å². The van der Waals surface area contributed by atoms with Gasteiger partial charge in [-0.1, -0.05) is 12.1 Å². The molecule has 1 aromatic carbocycles. The van der Waals surface area contributed by atoms with Gasteiger partial charge in [-0.15, -0.1) is 0 Å². The summed E-state index contributed by atoms with van der Waals surface area (Å²) in [5.41, 5.74) is 8.38. The van der Waals surface area contributed by atoms with Crippen molar-refractivity contribution in [2.24, 2.45) is 5.73 Å². The minimum atomic E-state index is 0.349. The third kappa shape index (κ3) is 5.12. The monoisotopic (exact) mass is 278 g/mol. The molecule has 0 saturated heterocycles. The largest absolute Gasteiger partial charge is 0.382 e. The minimum absolute atomic E-state index is 0.349.